The normalized spacial score (nSPS) is 10.9. The molecule has 0 spiro atoms. The highest BCUT2D eigenvalue weighted by Gasteiger charge is 2.25. The number of pyridine rings is 1. The maximum Gasteiger partial charge on any atom is 0.339 e. The number of hydrogen-bond acceptors (Lipinski definition) is 7. The second kappa shape index (κ2) is 7.87. The molecule has 0 radical (unpaired) electrons. The summed E-state index contributed by atoms with van der Waals surface area (Å²) in [4.78, 5) is 33.2. The van der Waals surface area contributed by atoms with Crippen molar-refractivity contribution in [2.24, 2.45) is 5.16 Å². The molecule has 0 saturated heterocycles. The summed E-state index contributed by atoms with van der Waals surface area (Å²) >= 11 is 0. The molecule has 0 aliphatic carbocycles. The first-order valence-corrected chi connectivity index (χ1v) is 6.95. The third-order valence-electron chi connectivity index (χ3n) is 3.23. The average Bonchev–Trinajstić information content (AvgIpc) is 2.65. The van der Waals surface area contributed by atoms with Crippen LogP contribution in [0.2, 0.25) is 0 Å². The fourth-order valence-corrected chi connectivity index (χ4v) is 2.20. The van der Waals surface area contributed by atoms with Gasteiger partial charge >= 0.3 is 11.9 Å². The van der Waals surface area contributed by atoms with Crippen LogP contribution in [-0.4, -0.2) is 44.0 Å². The predicted molar refractivity (Wildman–Crippen MR) is 86.0 cm³/mol. The summed E-state index contributed by atoms with van der Waals surface area (Å²) in [7, 11) is 3.86. The molecule has 1 aromatic heterocycles. The number of hydrogen-bond donors (Lipinski definition) is 0. The minimum Gasteiger partial charge on any atom is -0.465 e. The first-order valence-electron chi connectivity index (χ1n) is 6.95. The van der Waals surface area contributed by atoms with Gasteiger partial charge in [0.25, 0.3) is 0 Å². The van der Waals surface area contributed by atoms with Crippen LogP contribution in [0.15, 0.2) is 47.9 Å². The van der Waals surface area contributed by atoms with E-state index < -0.39 is 11.9 Å². The highest BCUT2D eigenvalue weighted by molar-refractivity contribution is 6.19. The smallest absolute Gasteiger partial charge is 0.339 e. The summed E-state index contributed by atoms with van der Waals surface area (Å²) in [5, 5.41) is 3.99. The quantitative estimate of drug-likeness (QED) is 0.474. The summed E-state index contributed by atoms with van der Waals surface area (Å²) in [5.74, 6) is -1.33. The number of carbonyl (C=O) groups is 2. The van der Waals surface area contributed by atoms with E-state index in [1.54, 1.807) is 36.7 Å². The van der Waals surface area contributed by atoms with E-state index in [1.165, 1.54) is 27.4 Å². The number of nitrogens with zero attached hydrogens (tertiary/aromatic N) is 2. The molecule has 24 heavy (non-hydrogen) atoms. The lowest BCUT2D eigenvalue weighted by Crippen LogP contribution is -2.18. The number of benzene rings is 1. The Morgan fingerprint density at radius 3 is 2.25 bits per heavy atom. The number of ether oxygens (including phenoxy) is 2. The third kappa shape index (κ3) is 3.40. The molecule has 1 heterocycles. The number of rotatable bonds is 5. The fourth-order valence-electron chi connectivity index (χ4n) is 2.20. The minimum absolute atomic E-state index is 0.0477. The van der Waals surface area contributed by atoms with Gasteiger partial charge in [0.05, 0.1) is 25.3 Å². The number of aromatic nitrogens is 1. The number of carbonyl (C=O) groups excluding carboxylic acids is 2. The minimum atomic E-state index is -0.682. The maximum absolute atomic E-state index is 12.3. The monoisotopic (exact) mass is 328 g/mol. The average molecular weight is 328 g/mol. The van der Waals surface area contributed by atoms with Gasteiger partial charge in [-0.25, -0.2) is 9.59 Å². The number of esters is 2. The number of methoxy groups -OCH3 is 2. The van der Waals surface area contributed by atoms with Gasteiger partial charge in [0.1, 0.15) is 12.8 Å². The van der Waals surface area contributed by atoms with E-state index >= 15 is 0 Å². The molecule has 7 nitrogen and oxygen atoms in total. The van der Waals surface area contributed by atoms with Crippen LogP contribution in [0.4, 0.5) is 0 Å². The molecular formula is C17H16N2O5. The standard InChI is InChI=1S/C17H16N2O5/c1-22-16(20)13-8-4-7-12(14(13)17(21)23-2)15(19-24-3)11-6-5-9-18-10-11/h4-10H,1-3H3. The molecule has 0 N–H and O–H groups in total. The summed E-state index contributed by atoms with van der Waals surface area (Å²) in [6, 6.07) is 8.23. The summed E-state index contributed by atoms with van der Waals surface area (Å²) < 4.78 is 9.56. The highest BCUT2D eigenvalue weighted by atomic mass is 16.6. The highest BCUT2D eigenvalue weighted by Crippen LogP contribution is 2.21. The molecule has 2 rings (SSSR count). The van der Waals surface area contributed by atoms with Crippen LogP contribution in [0.3, 0.4) is 0 Å². The molecule has 0 bridgehead atoms. The molecular weight excluding hydrogens is 312 g/mol. The molecule has 124 valence electrons. The van der Waals surface area contributed by atoms with Crippen molar-refractivity contribution in [1.82, 2.24) is 4.98 Å². The van der Waals surface area contributed by atoms with Gasteiger partial charge in [0.15, 0.2) is 0 Å². The van der Waals surface area contributed by atoms with Crippen LogP contribution in [0.1, 0.15) is 31.8 Å². The molecule has 0 aliphatic heterocycles. The van der Waals surface area contributed by atoms with Gasteiger partial charge in [-0.05, 0) is 18.2 Å². The molecule has 2 aromatic rings. The van der Waals surface area contributed by atoms with Crippen LogP contribution in [-0.2, 0) is 14.3 Å². The van der Waals surface area contributed by atoms with Crippen molar-refractivity contribution in [3.05, 3.63) is 65.0 Å². The van der Waals surface area contributed by atoms with Gasteiger partial charge in [-0.1, -0.05) is 17.3 Å². The lowest BCUT2D eigenvalue weighted by atomic mass is 9.94. The summed E-state index contributed by atoms with van der Waals surface area (Å²) in [6.45, 7) is 0. The Balaban J connectivity index is 2.74. The van der Waals surface area contributed by atoms with Crippen LogP contribution < -0.4 is 0 Å². The van der Waals surface area contributed by atoms with Crippen LogP contribution in [0.25, 0.3) is 0 Å². The Morgan fingerprint density at radius 1 is 0.958 bits per heavy atom. The predicted octanol–water partition coefficient (Wildman–Crippen LogP) is 2.05. The second-order valence-corrected chi connectivity index (χ2v) is 4.58. The first-order chi connectivity index (χ1) is 11.6. The van der Waals surface area contributed by atoms with Crippen LogP contribution >= 0.6 is 0 Å². The SMILES string of the molecule is CON=C(c1cccnc1)c1cccc(C(=O)OC)c1C(=O)OC. The van der Waals surface area contributed by atoms with Crippen molar-refractivity contribution in [2.75, 3.05) is 21.3 Å². The van der Waals surface area contributed by atoms with Crippen molar-refractivity contribution < 1.29 is 23.9 Å². The van der Waals surface area contributed by atoms with E-state index in [-0.39, 0.29) is 11.1 Å². The van der Waals surface area contributed by atoms with E-state index in [4.69, 9.17) is 14.3 Å². The van der Waals surface area contributed by atoms with Gasteiger partial charge in [-0.2, -0.15) is 0 Å². The van der Waals surface area contributed by atoms with Gasteiger partial charge in [-0.15, -0.1) is 0 Å². The Bertz CT molecular complexity index is 772. The Labute approximate surface area is 138 Å². The van der Waals surface area contributed by atoms with Crippen molar-refractivity contribution in [1.29, 1.82) is 0 Å². The molecule has 0 aliphatic rings. The molecule has 0 saturated carbocycles. The zero-order chi connectivity index (χ0) is 17.5. The van der Waals surface area contributed by atoms with Gasteiger partial charge in [0, 0.05) is 23.5 Å². The molecule has 1 aromatic carbocycles. The van der Waals surface area contributed by atoms with E-state index in [9.17, 15) is 9.59 Å². The van der Waals surface area contributed by atoms with Gasteiger partial charge in [-0.3, -0.25) is 4.98 Å². The molecule has 7 heteroatoms. The van der Waals surface area contributed by atoms with E-state index in [0.717, 1.165) is 0 Å². The largest absolute Gasteiger partial charge is 0.465 e. The third-order valence-corrected chi connectivity index (χ3v) is 3.23. The van der Waals surface area contributed by atoms with Crippen molar-refractivity contribution >= 4 is 17.7 Å². The van der Waals surface area contributed by atoms with Crippen molar-refractivity contribution in [2.45, 2.75) is 0 Å². The zero-order valence-corrected chi connectivity index (χ0v) is 13.5. The van der Waals surface area contributed by atoms with E-state index in [0.29, 0.717) is 16.8 Å². The summed E-state index contributed by atoms with van der Waals surface area (Å²) in [6.07, 6.45) is 3.18. The van der Waals surface area contributed by atoms with Gasteiger partial charge in [0.2, 0.25) is 0 Å². The fraction of sp³-hybridized carbons (Fsp3) is 0.176. The molecule has 0 unspecified atom stereocenters. The Morgan fingerprint density at radius 2 is 1.67 bits per heavy atom. The topological polar surface area (TPSA) is 87.1 Å². The molecule has 0 amide bonds. The molecule has 0 atom stereocenters. The van der Waals surface area contributed by atoms with E-state index in [2.05, 4.69) is 10.1 Å². The van der Waals surface area contributed by atoms with Crippen molar-refractivity contribution in [3.8, 4) is 0 Å². The molecule has 0 fully saturated rings. The lowest BCUT2D eigenvalue weighted by Gasteiger charge is -2.13. The van der Waals surface area contributed by atoms with Crippen molar-refractivity contribution in [3.63, 3.8) is 0 Å². The second-order valence-electron chi connectivity index (χ2n) is 4.58. The Hall–Kier alpha value is -3.22. The maximum atomic E-state index is 12.3. The summed E-state index contributed by atoms with van der Waals surface area (Å²) in [5.41, 5.74) is 1.46. The first kappa shape index (κ1) is 17.1. The van der Waals surface area contributed by atoms with Crippen LogP contribution in [0, 0.1) is 0 Å². The van der Waals surface area contributed by atoms with Crippen LogP contribution in [0.5, 0.6) is 0 Å². The van der Waals surface area contributed by atoms with Gasteiger partial charge < -0.3 is 14.3 Å². The number of oxime groups is 1. The lowest BCUT2D eigenvalue weighted by molar-refractivity contribution is 0.0555. The van der Waals surface area contributed by atoms with E-state index in [1.807, 2.05) is 0 Å². The zero-order valence-electron chi connectivity index (χ0n) is 13.5. The Kier molecular flexibility index (Phi) is 5.62.